The van der Waals surface area contributed by atoms with Crippen molar-refractivity contribution in [3.8, 4) is 17.6 Å². The maximum absolute atomic E-state index is 13.4. The molecular formula is C31H43N7O4. The number of urea groups is 1. The van der Waals surface area contributed by atoms with Crippen LogP contribution in [0.3, 0.4) is 0 Å². The molecule has 0 saturated carbocycles. The van der Waals surface area contributed by atoms with Gasteiger partial charge >= 0.3 is 12.0 Å². The van der Waals surface area contributed by atoms with Gasteiger partial charge in [-0.3, -0.25) is 0 Å². The molecule has 1 aromatic carbocycles. The van der Waals surface area contributed by atoms with E-state index >= 15 is 0 Å². The van der Waals surface area contributed by atoms with Gasteiger partial charge in [0.25, 0.3) is 0 Å². The zero-order chi connectivity index (χ0) is 29.6. The quantitative estimate of drug-likeness (QED) is 0.460. The third-order valence-corrected chi connectivity index (χ3v) is 8.40. The third kappa shape index (κ3) is 6.56. The van der Waals surface area contributed by atoms with Crippen molar-refractivity contribution in [2.45, 2.75) is 45.2 Å². The molecular weight excluding hydrogens is 534 g/mol. The van der Waals surface area contributed by atoms with E-state index in [0.717, 1.165) is 63.3 Å². The van der Waals surface area contributed by atoms with Crippen molar-refractivity contribution >= 4 is 17.5 Å². The molecule has 42 heavy (non-hydrogen) atoms. The highest BCUT2D eigenvalue weighted by Gasteiger charge is 2.29. The van der Waals surface area contributed by atoms with Crippen LogP contribution in [0.2, 0.25) is 0 Å². The Morgan fingerprint density at radius 2 is 1.76 bits per heavy atom. The zero-order valence-corrected chi connectivity index (χ0v) is 25.4. The standard InChI is InChI=1S/C31H43N7O4/c1-6-25(33-28-19-29(41-4)35-30(34-28)42-5)21-7-9-22(10-8-21)32-31(39)38-14-13-23-24(20-38)26(11-12-27(23)40-3)37-17-15-36(2)16-18-37/h7,9,11-12,19,25H,6,8,10,13-18,20H2,1-5H3,(H,32,39)(H,33,34,35). The Bertz CT molecular complexity index is 1310. The lowest BCUT2D eigenvalue weighted by molar-refractivity contribution is 0.194. The fourth-order valence-electron chi connectivity index (χ4n) is 5.91. The van der Waals surface area contributed by atoms with Gasteiger partial charge in [-0.25, -0.2) is 4.79 Å². The molecule has 5 rings (SSSR count). The van der Waals surface area contributed by atoms with Crippen molar-refractivity contribution in [1.82, 2.24) is 25.1 Å². The summed E-state index contributed by atoms with van der Waals surface area (Å²) in [5.74, 6) is 2.00. The lowest BCUT2D eigenvalue weighted by atomic mass is 9.94. The molecule has 1 aliphatic carbocycles. The van der Waals surface area contributed by atoms with E-state index in [0.29, 0.717) is 24.8 Å². The molecule has 2 N–H and O–H groups in total. The summed E-state index contributed by atoms with van der Waals surface area (Å²) < 4.78 is 16.2. The number of likely N-dealkylation sites (N-methyl/N-ethyl adjacent to an activating group) is 1. The predicted molar refractivity (Wildman–Crippen MR) is 164 cm³/mol. The molecule has 3 aliphatic rings. The number of rotatable bonds is 9. The van der Waals surface area contributed by atoms with Crippen LogP contribution in [0, 0.1) is 0 Å². The average molecular weight is 578 g/mol. The number of amides is 2. The van der Waals surface area contributed by atoms with Crippen LogP contribution in [-0.4, -0.2) is 92.9 Å². The first kappa shape index (κ1) is 29.5. The van der Waals surface area contributed by atoms with Gasteiger partial charge < -0.3 is 39.5 Å². The number of anilines is 2. The van der Waals surface area contributed by atoms with Gasteiger partial charge in [0.1, 0.15) is 11.6 Å². The van der Waals surface area contributed by atoms with Gasteiger partial charge in [-0.05, 0) is 56.5 Å². The third-order valence-electron chi connectivity index (χ3n) is 8.40. The van der Waals surface area contributed by atoms with E-state index in [1.807, 2.05) is 11.0 Å². The van der Waals surface area contributed by atoms with Crippen molar-refractivity contribution < 1.29 is 19.0 Å². The number of hydrogen-bond donors (Lipinski definition) is 2. The normalized spacial score (nSPS) is 17.9. The van der Waals surface area contributed by atoms with Gasteiger partial charge in [-0.2, -0.15) is 9.97 Å². The first-order valence-corrected chi connectivity index (χ1v) is 14.7. The number of piperazine rings is 1. The Kier molecular flexibility index (Phi) is 9.36. The maximum atomic E-state index is 13.4. The van der Waals surface area contributed by atoms with Crippen LogP contribution in [0.15, 0.2) is 41.6 Å². The van der Waals surface area contributed by atoms with Crippen LogP contribution >= 0.6 is 0 Å². The fraction of sp³-hybridized carbons (Fsp3) is 0.516. The van der Waals surface area contributed by atoms with Gasteiger partial charge in [-0.15, -0.1) is 0 Å². The van der Waals surface area contributed by atoms with Crippen LogP contribution < -0.4 is 29.7 Å². The van der Waals surface area contributed by atoms with E-state index < -0.39 is 0 Å². The number of methoxy groups -OCH3 is 3. The summed E-state index contributed by atoms with van der Waals surface area (Å²) in [6.45, 7) is 7.39. The number of allylic oxidation sites excluding steroid dienone is 3. The van der Waals surface area contributed by atoms with Crippen molar-refractivity contribution in [1.29, 1.82) is 0 Å². The minimum absolute atomic E-state index is 0.0544. The second kappa shape index (κ2) is 13.3. The summed E-state index contributed by atoms with van der Waals surface area (Å²) in [5, 5.41) is 6.68. The Morgan fingerprint density at radius 3 is 2.43 bits per heavy atom. The number of nitrogens with zero attached hydrogens (tertiary/aromatic N) is 5. The average Bonchev–Trinajstić information content (AvgIpc) is 3.03. The van der Waals surface area contributed by atoms with E-state index in [2.05, 4.69) is 62.6 Å². The van der Waals surface area contributed by atoms with Crippen LogP contribution in [-0.2, 0) is 13.0 Å². The van der Waals surface area contributed by atoms with Gasteiger partial charge in [0, 0.05) is 73.9 Å². The summed E-state index contributed by atoms with van der Waals surface area (Å²) in [6.07, 6.45) is 7.39. The van der Waals surface area contributed by atoms with E-state index in [-0.39, 0.29) is 18.1 Å². The number of carbonyl (C=O) groups excluding carboxylic acids is 1. The SMILES string of the molecule is CCC(Nc1cc(OC)nc(OC)n1)C1=CC=C(NC(=O)N2CCc3c(OC)ccc(N4CCN(C)CC4)c3C2)CC1. The molecule has 3 heterocycles. The summed E-state index contributed by atoms with van der Waals surface area (Å²) in [6, 6.07) is 6.29. The minimum atomic E-state index is -0.0544. The smallest absolute Gasteiger partial charge is 0.321 e. The first-order valence-electron chi connectivity index (χ1n) is 14.7. The summed E-state index contributed by atoms with van der Waals surface area (Å²) in [5.41, 5.74) is 5.83. The summed E-state index contributed by atoms with van der Waals surface area (Å²) in [4.78, 5) is 28.8. The van der Waals surface area contributed by atoms with E-state index in [9.17, 15) is 4.79 Å². The topological polar surface area (TPSA) is 104 Å². The Morgan fingerprint density at radius 1 is 0.952 bits per heavy atom. The van der Waals surface area contributed by atoms with Gasteiger partial charge in [-0.1, -0.05) is 13.0 Å². The molecule has 1 aromatic heterocycles. The van der Waals surface area contributed by atoms with Crippen molar-refractivity contribution in [2.75, 3.05) is 71.3 Å². The maximum Gasteiger partial charge on any atom is 0.321 e. The van der Waals surface area contributed by atoms with E-state index in [1.54, 1.807) is 20.3 Å². The van der Waals surface area contributed by atoms with Gasteiger partial charge in [0.2, 0.25) is 5.88 Å². The second-order valence-corrected chi connectivity index (χ2v) is 11.0. The summed E-state index contributed by atoms with van der Waals surface area (Å²) >= 11 is 0. The van der Waals surface area contributed by atoms with Crippen LogP contribution in [0.4, 0.5) is 16.3 Å². The highest BCUT2D eigenvalue weighted by Crippen LogP contribution is 2.36. The number of nitrogens with one attached hydrogen (secondary N) is 2. The Labute approximate surface area is 248 Å². The number of benzene rings is 1. The van der Waals surface area contributed by atoms with E-state index in [4.69, 9.17) is 14.2 Å². The van der Waals surface area contributed by atoms with Crippen LogP contribution in [0.1, 0.15) is 37.3 Å². The molecule has 0 radical (unpaired) electrons. The van der Waals surface area contributed by atoms with Crippen molar-refractivity contribution in [3.63, 3.8) is 0 Å². The molecule has 1 fully saturated rings. The number of carbonyl (C=O) groups is 1. The fourth-order valence-corrected chi connectivity index (χ4v) is 5.91. The largest absolute Gasteiger partial charge is 0.496 e. The minimum Gasteiger partial charge on any atom is -0.496 e. The lowest BCUT2D eigenvalue weighted by Gasteiger charge is -2.38. The predicted octanol–water partition coefficient (Wildman–Crippen LogP) is 3.82. The van der Waals surface area contributed by atoms with Gasteiger partial charge in [0.05, 0.1) is 21.3 Å². The molecule has 2 amide bonds. The monoisotopic (exact) mass is 577 g/mol. The number of aromatic nitrogens is 2. The zero-order valence-electron chi connectivity index (χ0n) is 25.4. The number of hydrogen-bond acceptors (Lipinski definition) is 9. The molecule has 0 bridgehead atoms. The molecule has 1 atom stereocenters. The van der Waals surface area contributed by atoms with E-state index in [1.165, 1.54) is 29.5 Å². The van der Waals surface area contributed by atoms with Gasteiger partial charge in [0.15, 0.2) is 0 Å². The number of fused-ring (bicyclic) bond motifs is 1. The Hall–Kier alpha value is -3.99. The molecule has 2 aliphatic heterocycles. The molecule has 11 heteroatoms. The molecule has 1 saturated heterocycles. The van der Waals surface area contributed by atoms with Crippen molar-refractivity contribution in [3.05, 3.63) is 52.7 Å². The highest BCUT2D eigenvalue weighted by atomic mass is 16.5. The van der Waals surface area contributed by atoms with Crippen LogP contribution in [0.25, 0.3) is 0 Å². The highest BCUT2D eigenvalue weighted by molar-refractivity contribution is 5.77. The lowest BCUT2D eigenvalue weighted by Crippen LogP contribution is -2.46. The number of ether oxygens (including phenoxy) is 3. The molecule has 2 aromatic rings. The second-order valence-electron chi connectivity index (χ2n) is 11.0. The molecule has 0 spiro atoms. The Balaban J connectivity index is 1.25. The van der Waals surface area contributed by atoms with Crippen LogP contribution in [0.5, 0.6) is 17.6 Å². The summed E-state index contributed by atoms with van der Waals surface area (Å²) in [7, 11) is 6.99. The first-order chi connectivity index (χ1) is 20.4. The molecule has 11 nitrogen and oxygen atoms in total. The van der Waals surface area contributed by atoms with Crippen molar-refractivity contribution in [2.24, 2.45) is 0 Å². The molecule has 1 unspecified atom stereocenters. The molecule has 226 valence electrons.